The second-order valence-electron chi connectivity index (χ2n) is 5.60. The number of oxime groups is 1. The number of anilines is 2. The van der Waals surface area contributed by atoms with Crippen LogP contribution in [0.25, 0.3) is 0 Å². The lowest BCUT2D eigenvalue weighted by Crippen LogP contribution is -2.32. The second-order valence-corrected chi connectivity index (χ2v) is 5.60. The fraction of sp³-hybridized carbons (Fsp3) is 0.235. The summed E-state index contributed by atoms with van der Waals surface area (Å²) in [5.41, 5.74) is 2.56. The highest BCUT2D eigenvalue weighted by atomic mass is 19.1. The normalized spacial score (nSPS) is 15.3. The van der Waals surface area contributed by atoms with Crippen molar-refractivity contribution in [3.63, 3.8) is 0 Å². The molecule has 2 aromatic rings. The van der Waals surface area contributed by atoms with Crippen LogP contribution in [0.2, 0.25) is 0 Å². The van der Waals surface area contributed by atoms with Gasteiger partial charge in [-0.2, -0.15) is 0 Å². The van der Waals surface area contributed by atoms with E-state index in [1.165, 1.54) is 24.0 Å². The van der Waals surface area contributed by atoms with Gasteiger partial charge in [0.05, 0.1) is 17.6 Å². The van der Waals surface area contributed by atoms with Gasteiger partial charge >= 0.3 is 6.03 Å². The van der Waals surface area contributed by atoms with E-state index in [-0.39, 0.29) is 17.3 Å². The van der Waals surface area contributed by atoms with Gasteiger partial charge in [-0.15, -0.1) is 0 Å². The SMILES string of the molecule is C/C(=N\O)c1ccc(N2CCN(c3cnccc3C)C2=O)cc1F. The third-order valence-electron chi connectivity index (χ3n) is 4.12. The first-order chi connectivity index (χ1) is 11.5. The number of aryl methyl sites for hydroxylation is 1. The van der Waals surface area contributed by atoms with Gasteiger partial charge in [0, 0.05) is 30.5 Å². The van der Waals surface area contributed by atoms with Crippen LogP contribution in [-0.4, -0.2) is 35.0 Å². The second kappa shape index (κ2) is 6.27. The van der Waals surface area contributed by atoms with Gasteiger partial charge in [-0.1, -0.05) is 5.16 Å². The minimum Gasteiger partial charge on any atom is -0.411 e. The highest BCUT2D eigenvalue weighted by Crippen LogP contribution is 2.28. The number of aromatic nitrogens is 1. The summed E-state index contributed by atoms with van der Waals surface area (Å²) < 4.78 is 14.2. The molecule has 1 fully saturated rings. The zero-order chi connectivity index (χ0) is 17.3. The number of urea groups is 1. The number of benzene rings is 1. The lowest BCUT2D eigenvalue weighted by molar-refractivity contribution is 0.256. The topological polar surface area (TPSA) is 69.0 Å². The van der Waals surface area contributed by atoms with Crippen molar-refractivity contribution in [2.45, 2.75) is 13.8 Å². The van der Waals surface area contributed by atoms with Gasteiger partial charge < -0.3 is 5.21 Å². The van der Waals surface area contributed by atoms with Crippen molar-refractivity contribution < 1.29 is 14.4 Å². The molecule has 7 heteroatoms. The van der Waals surface area contributed by atoms with Gasteiger partial charge in [0.2, 0.25) is 0 Å². The molecular weight excluding hydrogens is 311 g/mol. The lowest BCUT2D eigenvalue weighted by atomic mass is 10.1. The Morgan fingerprint density at radius 3 is 2.71 bits per heavy atom. The Balaban J connectivity index is 1.88. The van der Waals surface area contributed by atoms with Crippen molar-refractivity contribution in [1.29, 1.82) is 0 Å². The van der Waals surface area contributed by atoms with E-state index in [2.05, 4.69) is 10.1 Å². The number of hydrogen-bond acceptors (Lipinski definition) is 4. The molecule has 0 saturated carbocycles. The number of rotatable bonds is 3. The molecule has 1 aliphatic heterocycles. The summed E-state index contributed by atoms with van der Waals surface area (Å²) in [6.45, 7) is 4.38. The minimum absolute atomic E-state index is 0.180. The van der Waals surface area contributed by atoms with Crippen LogP contribution in [-0.2, 0) is 0 Å². The first-order valence-electron chi connectivity index (χ1n) is 7.51. The molecule has 3 rings (SSSR count). The van der Waals surface area contributed by atoms with Crippen LogP contribution in [0.15, 0.2) is 41.8 Å². The van der Waals surface area contributed by atoms with Crippen molar-refractivity contribution >= 4 is 23.1 Å². The number of carbonyl (C=O) groups excluding carboxylic acids is 1. The molecule has 1 saturated heterocycles. The highest BCUT2D eigenvalue weighted by molar-refractivity contribution is 6.06. The number of carbonyl (C=O) groups is 1. The summed E-state index contributed by atoms with van der Waals surface area (Å²) in [4.78, 5) is 19.9. The molecular formula is C17H17FN4O2. The average molecular weight is 328 g/mol. The van der Waals surface area contributed by atoms with E-state index in [9.17, 15) is 9.18 Å². The Bertz CT molecular complexity index is 822. The third-order valence-corrected chi connectivity index (χ3v) is 4.12. The average Bonchev–Trinajstić information content (AvgIpc) is 2.96. The zero-order valence-electron chi connectivity index (χ0n) is 13.4. The van der Waals surface area contributed by atoms with Crippen LogP contribution in [0.3, 0.4) is 0 Å². The lowest BCUT2D eigenvalue weighted by Gasteiger charge is -2.20. The molecule has 124 valence electrons. The van der Waals surface area contributed by atoms with Gasteiger partial charge in [-0.25, -0.2) is 9.18 Å². The van der Waals surface area contributed by atoms with E-state index in [1.807, 2.05) is 13.0 Å². The van der Waals surface area contributed by atoms with Gasteiger partial charge in [0.15, 0.2) is 0 Å². The summed E-state index contributed by atoms with van der Waals surface area (Å²) in [5.74, 6) is -0.536. The first kappa shape index (κ1) is 15.9. The molecule has 1 aromatic heterocycles. The predicted molar refractivity (Wildman–Crippen MR) is 89.5 cm³/mol. The van der Waals surface area contributed by atoms with Gasteiger partial charge in [0.25, 0.3) is 0 Å². The summed E-state index contributed by atoms with van der Waals surface area (Å²) >= 11 is 0. The number of pyridine rings is 1. The van der Waals surface area contributed by atoms with E-state index in [1.54, 1.807) is 23.4 Å². The summed E-state index contributed by atoms with van der Waals surface area (Å²) in [6, 6.07) is 6.05. The summed E-state index contributed by atoms with van der Waals surface area (Å²) in [7, 11) is 0. The molecule has 0 bridgehead atoms. The molecule has 2 heterocycles. The van der Waals surface area contributed by atoms with E-state index in [4.69, 9.17) is 5.21 Å². The van der Waals surface area contributed by atoms with Crippen LogP contribution in [0.4, 0.5) is 20.6 Å². The maximum Gasteiger partial charge on any atom is 0.329 e. The van der Waals surface area contributed by atoms with E-state index >= 15 is 0 Å². The minimum atomic E-state index is -0.536. The van der Waals surface area contributed by atoms with E-state index < -0.39 is 5.82 Å². The smallest absolute Gasteiger partial charge is 0.329 e. The number of amides is 2. The molecule has 0 atom stereocenters. The first-order valence-corrected chi connectivity index (χ1v) is 7.51. The van der Waals surface area contributed by atoms with Crippen LogP contribution in [0.5, 0.6) is 0 Å². The van der Waals surface area contributed by atoms with E-state index in [0.29, 0.717) is 18.8 Å². The number of hydrogen-bond donors (Lipinski definition) is 1. The third kappa shape index (κ3) is 2.68. The van der Waals surface area contributed by atoms with Crippen LogP contribution in [0.1, 0.15) is 18.1 Å². The maximum absolute atomic E-state index is 14.2. The molecule has 1 aliphatic rings. The van der Waals surface area contributed by atoms with Gasteiger partial charge in [-0.3, -0.25) is 14.8 Å². The summed E-state index contributed by atoms with van der Waals surface area (Å²) in [5, 5.41) is 11.8. The van der Waals surface area contributed by atoms with Crippen molar-refractivity contribution in [3.8, 4) is 0 Å². The summed E-state index contributed by atoms with van der Waals surface area (Å²) in [6.07, 6.45) is 3.33. The Morgan fingerprint density at radius 2 is 2.04 bits per heavy atom. The van der Waals surface area contributed by atoms with Crippen LogP contribution < -0.4 is 9.80 Å². The fourth-order valence-corrected chi connectivity index (χ4v) is 2.76. The maximum atomic E-state index is 14.2. The van der Waals surface area contributed by atoms with Gasteiger partial charge in [0.1, 0.15) is 5.82 Å². The molecule has 1 N–H and O–H groups in total. The quantitative estimate of drug-likeness (QED) is 0.534. The molecule has 1 aromatic carbocycles. The van der Waals surface area contributed by atoms with Crippen molar-refractivity contribution in [2.24, 2.45) is 5.16 Å². The van der Waals surface area contributed by atoms with Crippen molar-refractivity contribution in [3.05, 3.63) is 53.6 Å². The zero-order valence-corrected chi connectivity index (χ0v) is 13.4. The molecule has 2 amide bonds. The predicted octanol–water partition coefficient (Wildman–Crippen LogP) is 3.17. The molecule has 0 radical (unpaired) electrons. The highest BCUT2D eigenvalue weighted by Gasteiger charge is 2.31. The fourth-order valence-electron chi connectivity index (χ4n) is 2.76. The standard InChI is InChI=1S/C17H17FN4O2/c1-11-5-6-19-10-16(11)22-8-7-21(17(22)23)13-3-4-14(12(2)20-24)15(18)9-13/h3-6,9-10,24H,7-8H2,1-2H3/b20-12+. The van der Waals surface area contributed by atoms with Crippen molar-refractivity contribution in [2.75, 3.05) is 22.9 Å². The van der Waals surface area contributed by atoms with Crippen molar-refractivity contribution in [1.82, 2.24) is 4.98 Å². The largest absolute Gasteiger partial charge is 0.411 e. The Labute approximate surface area is 138 Å². The number of halogens is 1. The molecule has 0 aliphatic carbocycles. The molecule has 0 spiro atoms. The molecule has 6 nitrogen and oxygen atoms in total. The Hall–Kier alpha value is -2.96. The monoisotopic (exact) mass is 328 g/mol. The number of nitrogens with zero attached hydrogens (tertiary/aromatic N) is 4. The van der Waals surface area contributed by atoms with Crippen LogP contribution >= 0.6 is 0 Å². The Morgan fingerprint density at radius 1 is 1.29 bits per heavy atom. The molecule has 0 unspecified atom stereocenters. The Kier molecular flexibility index (Phi) is 4.16. The van der Waals surface area contributed by atoms with E-state index in [0.717, 1.165) is 11.3 Å². The molecule has 24 heavy (non-hydrogen) atoms. The van der Waals surface area contributed by atoms with Crippen LogP contribution in [0, 0.1) is 12.7 Å². The van der Waals surface area contributed by atoms with Gasteiger partial charge in [-0.05, 0) is 43.7 Å².